The normalized spacial score (nSPS) is 13.1. The molecule has 3 aromatic rings. The van der Waals surface area contributed by atoms with Crippen molar-refractivity contribution in [1.82, 2.24) is 20.1 Å². The Labute approximate surface area is 207 Å². The largest absolute Gasteiger partial charge is 0.344 e. The molecule has 178 valence electrons. The predicted octanol–water partition coefficient (Wildman–Crippen LogP) is 6.78. The van der Waals surface area contributed by atoms with Gasteiger partial charge in [0.25, 0.3) is 5.91 Å². The highest BCUT2D eigenvalue weighted by molar-refractivity contribution is 7.98. The Bertz CT molecular complexity index is 1190. The average molecular weight is 475 g/mol. The summed E-state index contributed by atoms with van der Waals surface area (Å²) in [7, 11) is 0. The van der Waals surface area contributed by atoms with Gasteiger partial charge in [0.2, 0.25) is 0 Å². The quantitative estimate of drug-likeness (QED) is 0.274. The Balaban J connectivity index is 1.99. The van der Waals surface area contributed by atoms with E-state index in [1.807, 2.05) is 42.1 Å². The van der Waals surface area contributed by atoms with Crippen LogP contribution in [0.4, 0.5) is 0 Å². The molecule has 3 rings (SSSR count). The summed E-state index contributed by atoms with van der Waals surface area (Å²) < 4.78 is 1.91. The van der Waals surface area contributed by atoms with Gasteiger partial charge < -0.3 is 5.32 Å². The molecule has 0 saturated heterocycles. The maximum Gasteiger partial charge on any atom is 0.252 e. The molecule has 1 N–H and O–H groups in total. The second-order valence-electron chi connectivity index (χ2n) is 8.28. The minimum atomic E-state index is -0.168. The summed E-state index contributed by atoms with van der Waals surface area (Å²) in [5.74, 6) is -0.127. The van der Waals surface area contributed by atoms with Gasteiger partial charge in [-0.1, -0.05) is 49.3 Å². The smallest absolute Gasteiger partial charge is 0.252 e. The number of nitrogens with one attached hydrogen (secondary N) is 1. The molecule has 0 aliphatic heterocycles. The molecule has 0 bridgehead atoms. The van der Waals surface area contributed by atoms with Crippen molar-refractivity contribution in [2.24, 2.45) is 0 Å². The summed E-state index contributed by atoms with van der Waals surface area (Å²) in [5.41, 5.74) is 6.57. The fourth-order valence-electron chi connectivity index (χ4n) is 3.70. The number of allylic oxidation sites excluding steroid dienone is 2. The van der Waals surface area contributed by atoms with Crippen LogP contribution in [0, 0.1) is 6.92 Å². The number of carbonyl (C=O) groups excluding carboxylic acids is 1. The lowest BCUT2D eigenvalue weighted by atomic mass is 10.0. The third kappa shape index (κ3) is 5.86. The van der Waals surface area contributed by atoms with Crippen molar-refractivity contribution in [3.8, 4) is 5.69 Å². The van der Waals surface area contributed by atoms with Gasteiger partial charge in [0.05, 0.1) is 34.3 Å². The molecule has 1 amide bonds. The number of thioether (sulfide) groups is 1. The first-order chi connectivity index (χ1) is 16.4. The van der Waals surface area contributed by atoms with Crippen molar-refractivity contribution >= 4 is 29.3 Å². The standard InChI is InChI=1S/C28H34N4OS/c1-7-19(4)17-26-23(18-29-32(26)21-15-13-20(5)14-16-21)22(8-2)28(33)31-24(9-3)25-11-10-12-27(30-25)34-6/h8,10-18,24H,7,9H2,1-6H3,(H,31,33)/b19-17+,22-8+. The number of aromatic nitrogens is 3. The fraction of sp³-hybridized carbons (Fsp3) is 0.321. The maximum atomic E-state index is 13.5. The Morgan fingerprint density at radius 2 is 1.91 bits per heavy atom. The van der Waals surface area contributed by atoms with Gasteiger partial charge in [-0.15, -0.1) is 11.8 Å². The Morgan fingerprint density at radius 3 is 2.53 bits per heavy atom. The van der Waals surface area contributed by atoms with E-state index in [4.69, 9.17) is 4.98 Å². The van der Waals surface area contributed by atoms with Crippen LogP contribution in [0.15, 0.2) is 65.3 Å². The van der Waals surface area contributed by atoms with E-state index >= 15 is 0 Å². The van der Waals surface area contributed by atoms with E-state index in [1.165, 1.54) is 11.1 Å². The summed E-state index contributed by atoms with van der Waals surface area (Å²) in [6, 6.07) is 14.0. The average Bonchev–Trinajstić information content (AvgIpc) is 3.26. The van der Waals surface area contributed by atoms with Crippen molar-refractivity contribution in [1.29, 1.82) is 0 Å². The lowest BCUT2D eigenvalue weighted by Gasteiger charge is -2.18. The van der Waals surface area contributed by atoms with Crippen LogP contribution in [-0.2, 0) is 4.79 Å². The highest BCUT2D eigenvalue weighted by atomic mass is 32.2. The number of hydrogen-bond acceptors (Lipinski definition) is 4. The first-order valence-corrected chi connectivity index (χ1v) is 12.9. The van der Waals surface area contributed by atoms with Gasteiger partial charge in [0.1, 0.15) is 0 Å². The van der Waals surface area contributed by atoms with E-state index in [0.717, 1.165) is 40.5 Å². The summed E-state index contributed by atoms with van der Waals surface area (Å²) in [6.45, 7) is 10.2. The second-order valence-corrected chi connectivity index (χ2v) is 9.10. The van der Waals surface area contributed by atoms with Crippen molar-refractivity contribution < 1.29 is 4.79 Å². The van der Waals surface area contributed by atoms with Crippen LogP contribution in [0.25, 0.3) is 17.3 Å². The zero-order valence-electron chi connectivity index (χ0n) is 20.9. The van der Waals surface area contributed by atoms with Crippen molar-refractivity contribution in [2.45, 2.75) is 58.5 Å². The molecule has 6 heteroatoms. The van der Waals surface area contributed by atoms with Crippen LogP contribution in [0.5, 0.6) is 0 Å². The van der Waals surface area contributed by atoms with Gasteiger partial charge in [-0.05, 0) is 70.2 Å². The summed E-state index contributed by atoms with van der Waals surface area (Å²) in [5, 5.41) is 8.81. The van der Waals surface area contributed by atoms with Crippen molar-refractivity contribution in [3.05, 3.63) is 82.8 Å². The number of hydrogen-bond donors (Lipinski definition) is 1. The van der Waals surface area contributed by atoms with Gasteiger partial charge in [0, 0.05) is 11.1 Å². The van der Waals surface area contributed by atoms with E-state index < -0.39 is 0 Å². The summed E-state index contributed by atoms with van der Waals surface area (Å²) in [6.07, 6.45) is 9.45. The second kappa shape index (κ2) is 11.8. The molecular formula is C28H34N4OS. The molecular weight excluding hydrogens is 440 g/mol. The molecule has 0 aliphatic rings. The number of amides is 1. The minimum Gasteiger partial charge on any atom is -0.344 e. The van der Waals surface area contributed by atoms with Gasteiger partial charge in [-0.3, -0.25) is 4.79 Å². The molecule has 1 atom stereocenters. The molecule has 0 spiro atoms. The van der Waals surface area contributed by atoms with E-state index in [2.05, 4.69) is 68.5 Å². The van der Waals surface area contributed by atoms with Crippen molar-refractivity contribution in [3.63, 3.8) is 0 Å². The number of nitrogens with zero attached hydrogens (tertiary/aromatic N) is 3. The lowest BCUT2D eigenvalue weighted by molar-refractivity contribution is -0.116. The highest BCUT2D eigenvalue weighted by Gasteiger charge is 2.22. The predicted molar refractivity (Wildman–Crippen MR) is 143 cm³/mol. The maximum absolute atomic E-state index is 13.5. The Kier molecular flexibility index (Phi) is 8.88. The van der Waals surface area contributed by atoms with E-state index in [1.54, 1.807) is 18.0 Å². The molecule has 1 aromatic carbocycles. The molecule has 1 unspecified atom stereocenters. The molecule has 2 heterocycles. The molecule has 0 radical (unpaired) electrons. The highest BCUT2D eigenvalue weighted by Crippen LogP contribution is 2.27. The number of carbonyl (C=O) groups is 1. The van der Waals surface area contributed by atoms with Crippen LogP contribution in [0.3, 0.4) is 0 Å². The number of pyridine rings is 1. The number of rotatable bonds is 9. The zero-order chi connectivity index (χ0) is 24.7. The van der Waals surface area contributed by atoms with Crippen LogP contribution in [-0.4, -0.2) is 26.9 Å². The molecule has 2 aromatic heterocycles. The SMILES string of the molecule is C/C=C(/C(=O)NC(CC)c1cccc(SC)n1)c1cnn(-c2ccc(C)cc2)c1/C=C(\C)CC. The third-order valence-electron chi connectivity index (χ3n) is 5.87. The monoisotopic (exact) mass is 474 g/mol. The molecule has 34 heavy (non-hydrogen) atoms. The van der Waals surface area contributed by atoms with Crippen LogP contribution in [0.1, 0.15) is 69.1 Å². The van der Waals surface area contributed by atoms with Gasteiger partial charge in [-0.2, -0.15) is 5.10 Å². The van der Waals surface area contributed by atoms with Crippen LogP contribution in [0.2, 0.25) is 0 Å². The van der Waals surface area contributed by atoms with Crippen LogP contribution >= 0.6 is 11.8 Å². The Morgan fingerprint density at radius 1 is 1.18 bits per heavy atom. The zero-order valence-corrected chi connectivity index (χ0v) is 21.7. The molecule has 0 aliphatic carbocycles. The minimum absolute atomic E-state index is 0.127. The summed E-state index contributed by atoms with van der Waals surface area (Å²) in [4.78, 5) is 18.2. The number of benzene rings is 1. The van der Waals surface area contributed by atoms with Gasteiger partial charge in [-0.25, -0.2) is 9.67 Å². The Hall–Kier alpha value is -3.12. The van der Waals surface area contributed by atoms with Crippen LogP contribution < -0.4 is 5.32 Å². The topological polar surface area (TPSA) is 59.8 Å². The lowest BCUT2D eigenvalue weighted by Crippen LogP contribution is -2.29. The summed E-state index contributed by atoms with van der Waals surface area (Å²) >= 11 is 1.60. The van der Waals surface area contributed by atoms with E-state index in [-0.39, 0.29) is 11.9 Å². The first kappa shape index (κ1) is 25.5. The van der Waals surface area contributed by atoms with E-state index in [0.29, 0.717) is 5.57 Å². The molecule has 5 nitrogen and oxygen atoms in total. The fourth-order valence-corrected chi connectivity index (χ4v) is 4.11. The van der Waals surface area contributed by atoms with Crippen molar-refractivity contribution in [2.75, 3.05) is 6.26 Å². The molecule has 0 saturated carbocycles. The first-order valence-electron chi connectivity index (χ1n) is 11.7. The van der Waals surface area contributed by atoms with Gasteiger partial charge in [0.15, 0.2) is 0 Å². The third-order valence-corrected chi connectivity index (χ3v) is 6.52. The van der Waals surface area contributed by atoms with Gasteiger partial charge >= 0.3 is 0 Å². The van der Waals surface area contributed by atoms with E-state index in [9.17, 15) is 4.79 Å². The molecule has 0 fully saturated rings. The number of aryl methyl sites for hydroxylation is 1.